The summed E-state index contributed by atoms with van der Waals surface area (Å²) in [6.07, 6.45) is 4.93. The molecule has 0 saturated carbocycles. The monoisotopic (exact) mass is 221 g/mol. The van der Waals surface area contributed by atoms with Gasteiger partial charge in [0.15, 0.2) is 5.17 Å². The van der Waals surface area contributed by atoms with Crippen LogP contribution in [0.5, 0.6) is 0 Å². The number of hydrogen-bond acceptors (Lipinski definition) is 4. The molecule has 1 aliphatic heterocycles. The Kier molecular flexibility index (Phi) is 3.61. The SMILES string of the molecule is Cc1cnccc1CNC1=NCCCS1. The molecule has 80 valence electrons. The van der Waals surface area contributed by atoms with Gasteiger partial charge in [0, 0.05) is 31.2 Å². The van der Waals surface area contributed by atoms with E-state index in [1.807, 2.05) is 24.2 Å². The lowest BCUT2D eigenvalue weighted by Crippen LogP contribution is -2.23. The Bertz CT molecular complexity index is 363. The third-order valence-corrected chi connectivity index (χ3v) is 3.40. The number of pyridine rings is 1. The number of nitrogens with one attached hydrogen (secondary N) is 1. The first-order chi connectivity index (χ1) is 7.36. The number of amidine groups is 1. The summed E-state index contributed by atoms with van der Waals surface area (Å²) < 4.78 is 0. The fourth-order valence-corrected chi connectivity index (χ4v) is 2.26. The summed E-state index contributed by atoms with van der Waals surface area (Å²) in [6, 6.07) is 2.05. The molecule has 1 N–H and O–H groups in total. The van der Waals surface area contributed by atoms with Crippen molar-refractivity contribution in [3.63, 3.8) is 0 Å². The van der Waals surface area contributed by atoms with Crippen LogP contribution in [0.2, 0.25) is 0 Å². The van der Waals surface area contributed by atoms with E-state index in [4.69, 9.17) is 0 Å². The number of aryl methyl sites for hydroxylation is 1. The molecule has 1 aromatic rings. The van der Waals surface area contributed by atoms with Gasteiger partial charge in [0.25, 0.3) is 0 Å². The lowest BCUT2D eigenvalue weighted by atomic mass is 10.2. The quantitative estimate of drug-likeness (QED) is 0.829. The summed E-state index contributed by atoms with van der Waals surface area (Å²) in [5.41, 5.74) is 2.52. The number of thioether (sulfide) groups is 1. The molecule has 0 amide bonds. The van der Waals surface area contributed by atoms with Crippen molar-refractivity contribution in [1.82, 2.24) is 10.3 Å². The van der Waals surface area contributed by atoms with Crippen LogP contribution in [0.3, 0.4) is 0 Å². The maximum atomic E-state index is 4.43. The lowest BCUT2D eigenvalue weighted by molar-refractivity contribution is 0.873. The van der Waals surface area contributed by atoms with Gasteiger partial charge < -0.3 is 5.32 Å². The summed E-state index contributed by atoms with van der Waals surface area (Å²) in [5.74, 6) is 1.18. The van der Waals surface area contributed by atoms with E-state index >= 15 is 0 Å². The zero-order chi connectivity index (χ0) is 10.5. The van der Waals surface area contributed by atoms with Crippen LogP contribution in [0.15, 0.2) is 23.5 Å². The van der Waals surface area contributed by atoms with Gasteiger partial charge in [0.2, 0.25) is 0 Å². The number of aromatic nitrogens is 1. The molecule has 15 heavy (non-hydrogen) atoms. The van der Waals surface area contributed by atoms with Crippen molar-refractivity contribution >= 4 is 16.9 Å². The van der Waals surface area contributed by atoms with Gasteiger partial charge in [-0.05, 0) is 30.5 Å². The third kappa shape index (κ3) is 2.96. The molecule has 4 heteroatoms. The maximum Gasteiger partial charge on any atom is 0.156 e. The summed E-state index contributed by atoms with van der Waals surface area (Å²) in [6.45, 7) is 3.89. The summed E-state index contributed by atoms with van der Waals surface area (Å²) in [4.78, 5) is 8.50. The summed E-state index contributed by atoms with van der Waals surface area (Å²) in [5, 5.41) is 4.44. The van der Waals surface area contributed by atoms with Gasteiger partial charge in [-0.3, -0.25) is 9.98 Å². The Morgan fingerprint density at radius 1 is 1.53 bits per heavy atom. The average molecular weight is 221 g/mol. The molecule has 0 fully saturated rings. The van der Waals surface area contributed by atoms with Gasteiger partial charge >= 0.3 is 0 Å². The molecule has 1 aromatic heterocycles. The van der Waals surface area contributed by atoms with Gasteiger partial charge in [0.05, 0.1) is 0 Å². The maximum absolute atomic E-state index is 4.43. The number of hydrogen-bond donors (Lipinski definition) is 1. The van der Waals surface area contributed by atoms with Crippen molar-refractivity contribution in [1.29, 1.82) is 0 Å². The fraction of sp³-hybridized carbons (Fsp3) is 0.455. The highest BCUT2D eigenvalue weighted by atomic mass is 32.2. The van der Waals surface area contributed by atoms with Crippen LogP contribution < -0.4 is 5.32 Å². The molecule has 0 atom stereocenters. The van der Waals surface area contributed by atoms with Crippen molar-refractivity contribution in [2.45, 2.75) is 19.9 Å². The molecular weight excluding hydrogens is 206 g/mol. The zero-order valence-corrected chi connectivity index (χ0v) is 9.68. The van der Waals surface area contributed by atoms with Crippen LogP contribution >= 0.6 is 11.8 Å². The van der Waals surface area contributed by atoms with Crippen LogP contribution in [-0.4, -0.2) is 22.4 Å². The van der Waals surface area contributed by atoms with Crippen molar-refractivity contribution in [3.8, 4) is 0 Å². The number of rotatable bonds is 2. The smallest absolute Gasteiger partial charge is 0.156 e. The predicted molar refractivity (Wildman–Crippen MR) is 65.2 cm³/mol. The van der Waals surface area contributed by atoms with Crippen LogP contribution in [0.4, 0.5) is 0 Å². The molecule has 0 unspecified atom stereocenters. The Labute approximate surface area is 94.4 Å². The van der Waals surface area contributed by atoms with E-state index in [2.05, 4.69) is 28.3 Å². The molecule has 2 heterocycles. The van der Waals surface area contributed by atoms with Gasteiger partial charge in [-0.2, -0.15) is 0 Å². The Morgan fingerprint density at radius 2 is 2.47 bits per heavy atom. The van der Waals surface area contributed by atoms with E-state index in [9.17, 15) is 0 Å². The predicted octanol–water partition coefficient (Wildman–Crippen LogP) is 1.97. The van der Waals surface area contributed by atoms with E-state index in [1.165, 1.54) is 23.3 Å². The summed E-state index contributed by atoms with van der Waals surface area (Å²) in [7, 11) is 0. The topological polar surface area (TPSA) is 37.3 Å². The molecule has 3 nitrogen and oxygen atoms in total. The minimum absolute atomic E-state index is 0.847. The largest absolute Gasteiger partial charge is 0.361 e. The summed E-state index contributed by atoms with van der Waals surface area (Å²) >= 11 is 1.81. The van der Waals surface area contributed by atoms with E-state index in [0.29, 0.717) is 0 Å². The van der Waals surface area contributed by atoms with Crippen molar-refractivity contribution in [2.75, 3.05) is 12.3 Å². The molecule has 0 spiro atoms. The van der Waals surface area contributed by atoms with E-state index in [0.717, 1.165) is 18.3 Å². The van der Waals surface area contributed by atoms with Crippen molar-refractivity contribution in [2.24, 2.45) is 4.99 Å². The zero-order valence-electron chi connectivity index (χ0n) is 8.86. The Hall–Kier alpha value is -1.03. The first-order valence-electron chi connectivity index (χ1n) is 5.17. The highest BCUT2D eigenvalue weighted by Gasteiger charge is 2.05. The van der Waals surface area contributed by atoms with Gasteiger partial charge in [0.1, 0.15) is 0 Å². The highest BCUT2D eigenvalue weighted by Crippen LogP contribution is 2.11. The van der Waals surface area contributed by atoms with Crippen LogP contribution in [0, 0.1) is 6.92 Å². The average Bonchev–Trinajstić information content (AvgIpc) is 2.29. The minimum atomic E-state index is 0.847. The Balaban J connectivity index is 1.93. The second kappa shape index (κ2) is 5.16. The van der Waals surface area contributed by atoms with Crippen LogP contribution in [-0.2, 0) is 6.54 Å². The first-order valence-corrected chi connectivity index (χ1v) is 6.15. The highest BCUT2D eigenvalue weighted by molar-refractivity contribution is 8.13. The third-order valence-electron chi connectivity index (χ3n) is 2.36. The normalized spacial score (nSPS) is 15.9. The molecule has 2 rings (SSSR count). The second-order valence-corrected chi connectivity index (χ2v) is 4.63. The number of aliphatic imine (C=N–C) groups is 1. The van der Waals surface area contributed by atoms with E-state index in [1.54, 1.807) is 0 Å². The molecule has 0 aromatic carbocycles. The lowest BCUT2D eigenvalue weighted by Gasteiger charge is -2.13. The molecule has 1 aliphatic rings. The molecule has 0 aliphatic carbocycles. The standard InChI is InChI=1S/C11H15N3S/c1-9-7-12-5-3-10(9)8-14-11-13-4-2-6-15-11/h3,5,7H,2,4,6,8H2,1H3,(H,13,14). The molecular formula is C11H15N3S. The van der Waals surface area contributed by atoms with Crippen molar-refractivity contribution < 1.29 is 0 Å². The van der Waals surface area contributed by atoms with E-state index in [-0.39, 0.29) is 0 Å². The van der Waals surface area contributed by atoms with Gasteiger partial charge in [-0.15, -0.1) is 0 Å². The molecule has 0 saturated heterocycles. The molecule has 0 radical (unpaired) electrons. The fourth-order valence-electron chi connectivity index (χ4n) is 1.44. The van der Waals surface area contributed by atoms with Crippen LogP contribution in [0.1, 0.15) is 17.5 Å². The van der Waals surface area contributed by atoms with Gasteiger partial charge in [-0.1, -0.05) is 11.8 Å². The number of nitrogens with zero attached hydrogens (tertiary/aromatic N) is 2. The van der Waals surface area contributed by atoms with Crippen molar-refractivity contribution in [3.05, 3.63) is 29.6 Å². The first kappa shape index (κ1) is 10.5. The van der Waals surface area contributed by atoms with Crippen LogP contribution in [0.25, 0.3) is 0 Å². The Morgan fingerprint density at radius 3 is 3.20 bits per heavy atom. The van der Waals surface area contributed by atoms with E-state index < -0.39 is 0 Å². The minimum Gasteiger partial charge on any atom is -0.361 e. The van der Waals surface area contributed by atoms with Gasteiger partial charge in [-0.25, -0.2) is 0 Å². The molecule has 0 bridgehead atoms. The second-order valence-electron chi connectivity index (χ2n) is 3.54.